The van der Waals surface area contributed by atoms with Crippen molar-refractivity contribution in [2.75, 3.05) is 26.1 Å². The van der Waals surface area contributed by atoms with Gasteiger partial charge in [0.05, 0.1) is 31.2 Å². The highest BCUT2D eigenvalue weighted by Gasteiger charge is 2.64. The number of nitrogens with one attached hydrogen (secondary N) is 1. The van der Waals surface area contributed by atoms with Gasteiger partial charge in [-0.25, -0.2) is 17.9 Å². The lowest BCUT2D eigenvalue weighted by Gasteiger charge is -2.64. The summed E-state index contributed by atoms with van der Waals surface area (Å²) in [4.78, 5) is 11.9. The van der Waals surface area contributed by atoms with Crippen LogP contribution in [0, 0.1) is 46.3 Å². The smallest absolute Gasteiger partial charge is 0.420 e. The molecule has 214 valence electrons. The molecule has 4 fully saturated rings. The van der Waals surface area contributed by atoms with Gasteiger partial charge in [0.15, 0.2) is 0 Å². The van der Waals surface area contributed by atoms with E-state index in [1.807, 2.05) is 4.72 Å². The second-order valence-corrected chi connectivity index (χ2v) is 14.7. The second kappa shape index (κ2) is 11.3. The standard InChI is InChI=1S/C28H49NO7S/c1-5-20-23-17-19(30)10-12-28(23,3)22-11-13-27(2)18(8-9-21(27)24(22)25(20)31)7-6-14-36-26(32)29-37(33,34)16-15-35-4/h18-25,30-31H,5-17H2,1-4H3,(H,29,32)/t18-,19+,20+,21-,22-,23-,24-,25+,27+,28+/m0/s1. The fourth-order valence-electron chi connectivity index (χ4n) is 9.44. The molecule has 0 radical (unpaired) electrons. The Morgan fingerprint density at radius 2 is 1.70 bits per heavy atom. The number of rotatable bonds is 9. The Balaban J connectivity index is 1.36. The van der Waals surface area contributed by atoms with Crippen molar-refractivity contribution in [3.8, 4) is 0 Å². The molecule has 0 aromatic carbocycles. The van der Waals surface area contributed by atoms with Crippen LogP contribution < -0.4 is 4.72 Å². The van der Waals surface area contributed by atoms with Crippen LogP contribution >= 0.6 is 0 Å². The Morgan fingerprint density at radius 3 is 2.41 bits per heavy atom. The molecule has 0 spiro atoms. The molecule has 0 bridgehead atoms. The maximum Gasteiger partial charge on any atom is 0.420 e. The van der Waals surface area contributed by atoms with Crippen molar-refractivity contribution in [3.05, 3.63) is 0 Å². The third-order valence-electron chi connectivity index (χ3n) is 11.3. The number of hydrogen-bond donors (Lipinski definition) is 3. The van der Waals surface area contributed by atoms with E-state index in [0.717, 1.165) is 57.8 Å². The van der Waals surface area contributed by atoms with Crippen molar-refractivity contribution >= 4 is 16.1 Å². The molecule has 0 saturated heterocycles. The summed E-state index contributed by atoms with van der Waals surface area (Å²) in [7, 11) is -2.34. The SMILES string of the molecule is CC[C@H]1[C@@H](O)[C@@H]2[C@H](CC[C@]3(C)[C@@H](CCCOC(=O)NS(=O)(=O)CCOC)CC[C@@H]23)[C@@]2(C)CC[C@@H](O)C[C@@H]12. The van der Waals surface area contributed by atoms with Crippen LogP contribution in [0.4, 0.5) is 4.79 Å². The highest BCUT2D eigenvalue weighted by molar-refractivity contribution is 7.90. The summed E-state index contributed by atoms with van der Waals surface area (Å²) in [5, 5.41) is 22.2. The zero-order valence-corrected chi connectivity index (χ0v) is 24.0. The minimum absolute atomic E-state index is 0.0152. The van der Waals surface area contributed by atoms with Gasteiger partial charge in [-0.05, 0) is 104 Å². The quantitative estimate of drug-likeness (QED) is 0.374. The summed E-state index contributed by atoms with van der Waals surface area (Å²) in [5.41, 5.74) is 0.373. The molecule has 8 nitrogen and oxygen atoms in total. The number of fused-ring (bicyclic) bond motifs is 5. The molecule has 4 rings (SSSR count). The van der Waals surface area contributed by atoms with E-state index in [2.05, 4.69) is 20.8 Å². The van der Waals surface area contributed by atoms with Gasteiger partial charge in [0, 0.05) is 7.11 Å². The fourth-order valence-corrected chi connectivity index (χ4v) is 10.2. The molecule has 10 atom stereocenters. The van der Waals surface area contributed by atoms with Gasteiger partial charge in [0.1, 0.15) is 0 Å². The van der Waals surface area contributed by atoms with E-state index in [4.69, 9.17) is 9.47 Å². The molecule has 3 N–H and O–H groups in total. The van der Waals surface area contributed by atoms with Crippen LogP contribution in [0.25, 0.3) is 0 Å². The van der Waals surface area contributed by atoms with Crippen LogP contribution in [-0.2, 0) is 19.5 Å². The Kier molecular flexibility index (Phi) is 8.88. The Bertz CT molecular complexity index is 912. The minimum Gasteiger partial charge on any atom is -0.449 e. The van der Waals surface area contributed by atoms with Gasteiger partial charge in [0.25, 0.3) is 0 Å². The van der Waals surface area contributed by atoms with Crippen molar-refractivity contribution < 1.29 is 32.9 Å². The lowest BCUT2D eigenvalue weighted by molar-refractivity contribution is -0.202. The third-order valence-corrected chi connectivity index (χ3v) is 12.5. The first-order valence-corrected chi connectivity index (χ1v) is 16.1. The van der Waals surface area contributed by atoms with Gasteiger partial charge in [-0.2, -0.15) is 0 Å². The molecule has 0 aliphatic heterocycles. The van der Waals surface area contributed by atoms with Crippen LogP contribution in [0.3, 0.4) is 0 Å². The van der Waals surface area contributed by atoms with Crippen LogP contribution in [0.15, 0.2) is 0 Å². The van der Waals surface area contributed by atoms with E-state index in [0.29, 0.717) is 36.0 Å². The number of carbonyl (C=O) groups excluding carboxylic acids is 1. The zero-order chi connectivity index (χ0) is 27.0. The van der Waals surface area contributed by atoms with E-state index >= 15 is 0 Å². The predicted octanol–water partition coefficient (Wildman–Crippen LogP) is 4.10. The first-order valence-electron chi connectivity index (χ1n) is 14.5. The van der Waals surface area contributed by atoms with Gasteiger partial charge in [-0.3, -0.25) is 0 Å². The lowest BCUT2D eigenvalue weighted by Crippen LogP contribution is -2.62. The van der Waals surface area contributed by atoms with Gasteiger partial charge in [-0.15, -0.1) is 0 Å². The largest absolute Gasteiger partial charge is 0.449 e. The average Bonchev–Trinajstić information content (AvgIpc) is 3.18. The molecular formula is C28H49NO7S. The summed E-state index contributed by atoms with van der Waals surface area (Å²) in [6, 6.07) is 0. The second-order valence-electron chi connectivity index (χ2n) is 12.9. The average molecular weight is 544 g/mol. The Morgan fingerprint density at radius 1 is 1.00 bits per heavy atom. The topological polar surface area (TPSA) is 122 Å². The van der Waals surface area contributed by atoms with Gasteiger partial charge in [0.2, 0.25) is 10.0 Å². The maximum absolute atomic E-state index is 11.9. The summed E-state index contributed by atoms with van der Waals surface area (Å²) in [6.07, 6.45) is 8.50. The number of aliphatic hydroxyl groups excluding tert-OH is 2. The number of hydrogen-bond acceptors (Lipinski definition) is 7. The number of ether oxygens (including phenoxy) is 2. The van der Waals surface area contributed by atoms with E-state index < -0.39 is 16.1 Å². The zero-order valence-electron chi connectivity index (χ0n) is 23.2. The van der Waals surface area contributed by atoms with Crippen molar-refractivity contribution in [2.45, 2.75) is 97.2 Å². The number of aliphatic hydroxyl groups is 2. The van der Waals surface area contributed by atoms with Crippen molar-refractivity contribution in [2.24, 2.45) is 46.3 Å². The summed E-state index contributed by atoms with van der Waals surface area (Å²) < 4.78 is 35.5. The van der Waals surface area contributed by atoms with Gasteiger partial charge < -0.3 is 19.7 Å². The summed E-state index contributed by atoms with van der Waals surface area (Å²) in [5.74, 6) is 2.24. The molecule has 0 aromatic heterocycles. The molecule has 0 heterocycles. The van der Waals surface area contributed by atoms with Crippen molar-refractivity contribution in [1.82, 2.24) is 4.72 Å². The molecule has 0 aromatic rings. The van der Waals surface area contributed by atoms with Crippen molar-refractivity contribution in [1.29, 1.82) is 0 Å². The van der Waals surface area contributed by atoms with Crippen LogP contribution in [0.1, 0.15) is 85.0 Å². The normalized spacial score (nSPS) is 43.4. The van der Waals surface area contributed by atoms with Crippen LogP contribution in [0.2, 0.25) is 0 Å². The molecule has 9 heteroatoms. The maximum atomic E-state index is 11.9. The Labute approximate surface area is 223 Å². The molecule has 4 saturated carbocycles. The predicted molar refractivity (Wildman–Crippen MR) is 141 cm³/mol. The van der Waals surface area contributed by atoms with Crippen LogP contribution in [0.5, 0.6) is 0 Å². The minimum atomic E-state index is -3.75. The van der Waals surface area contributed by atoms with E-state index in [9.17, 15) is 23.4 Å². The molecular weight excluding hydrogens is 494 g/mol. The molecule has 4 aliphatic carbocycles. The summed E-state index contributed by atoms with van der Waals surface area (Å²) in [6.45, 7) is 7.30. The molecule has 4 aliphatic rings. The third kappa shape index (κ3) is 5.57. The fraction of sp³-hybridized carbons (Fsp3) is 0.964. The van der Waals surface area contributed by atoms with Crippen LogP contribution in [-0.4, -0.2) is 63.0 Å². The van der Waals surface area contributed by atoms with E-state index in [1.165, 1.54) is 7.11 Å². The first-order chi connectivity index (χ1) is 17.5. The number of sulfonamides is 1. The molecule has 37 heavy (non-hydrogen) atoms. The highest BCUT2D eigenvalue weighted by Crippen LogP contribution is 2.69. The van der Waals surface area contributed by atoms with E-state index in [-0.39, 0.29) is 47.9 Å². The molecule has 0 unspecified atom stereocenters. The van der Waals surface area contributed by atoms with E-state index in [1.54, 1.807) is 0 Å². The molecule has 1 amide bonds. The number of methoxy groups -OCH3 is 1. The monoisotopic (exact) mass is 543 g/mol. The van der Waals surface area contributed by atoms with Gasteiger partial charge in [-0.1, -0.05) is 27.2 Å². The summed E-state index contributed by atoms with van der Waals surface area (Å²) >= 11 is 0. The first kappa shape index (κ1) is 29.1. The lowest BCUT2D eigenvalue weighted by atomic mass is 9.41. The Hall–Kier alpha value is -0.900. The highest BCUT2D eigenvalue weighted by atomic mass is 32.2. The van der Waals surface area contributed by atoms with Crippen molar-refractivity contribution in [3.63, 3.8) is 0 Å². The number of carbonyl (C=O) groups is 1. The number of amides is 1. The van der Waals surface area contributed by atoms with Gasteiger partial charge >= 0.3 is 6.09 Å².